The quantitative estimate of drug-likeness (QED) is 0.907. The van der Waals surface area contributed by atoms with Gasteiger partial charge in [0.05, 0.1) is 19.3 Å². The lowest BCUT2D eigenvalue weighted by Gasteiger charge is -2.16. The molecule has 0 unspecified atom stereocenters. The van der Waals surface area contributed by atoms with Gasteiger partial charge in [-0.1, -0.05) is 38.1 Å². The van der Waals surface area contributed by atoms with E-state index in [0.717, 1.165) is 11.3 Å². The zero-order chi connectivity index (χ0) is 15.7. The Kier molecular flexibility index (Phi) is 4.08. The Morgan fingerprint density at radius 3 is 1.73 bits per heavy atom. The van der Waals surface area contributed by atoms with Gasteiger partial charge in [0, 0.05) is 0 Å². The van der Waals surface area contributed by atoms with Gasteiger partial charge in [0.2, 0.25) is 0 Å². The fourth-order valence-corrected chi connectivity index (χ4v) is 3.18. The maximum Gasteiger partial charge on any atom is 0.118 e. The SMILES string of the molecule is COc1ccc([C@@H]2O[C@H](c3ccc(O)cc3)[C@@H](C)[C@@H]2C)cc1. The summed E-state index contributed by atoms with van der Waals surface area (Å²) in [6.45, 7) is 4.46. The van der Waals surface area contributed by atoms with Crippen LogP contribution in [-0.4, -0.2) is 12.2 Å². The summed E-state index contributed by atoms with van der Waals surface area (Å²) in [5.41, 5.74) is 2.30. The normalized spacial score (nSPS) is 27.8. The van der Waals surface area contributed by atoms with Gasteiger partial charge in [-0.3, -0.25) is 0 Å². The molecule has 2 aromatic rings. The largest absolute Gasteiger partial charge is 0.508 e. The van der Waals surface area contributed by atoms with Gasteiger partial charge in [-0.2, -0.15) is 0 Å². The van der Waals surface area contributed by atoms with Crippen LogP contribution in [0.25, 0.3) is 0 Å². The highest BCUT2D eigenvalue weighted by molar-refractivity contribution is 5.31. The molecule has 0 saturated carbocycles. The molecule has 0 amide bonds. The monoisotopic (exact) mass is 298 g/mol. The fraction of sp³-hybridized carbons (Fsp3) is 0.368. The van der Waals surface area contributed by atoms with Crippen molar-refractivity contribution in [3.05, 3.63) is 59.7 Å². The van der Waals surface area contributed by atoms with Crippen molar-refractivity contribution in [1.29, 1.82) is 0 Å². The highest BCUT2D eigenvalue weighted by Crippen LogP contribution is 2.49. The van der Waals surface area contributed by atoms with Gasteiger partial charge >= 0.3 is 0 Å². The summed E-state index contributed by atoms with van der Waals surface area (Å²) in [6, 6.07) is 15.4. The first-order chi connectivity index (χ1) is 10.6. The number of phenolic OH excluding ortho intramolecular Hbond substituents is 1. The third-order valence-corrected chi connectivity index (χ3v) is 4.74. The number of hydrogen-bond acceptors (Lipinski definition) is 3. The lowest BCUT2D eigenvalue weighted by atomic mass is 9.85. The van der Waals surface area contributed by atoms with Gasteiger partial charge in [-0.05, 0) is 47.2 Å². The van der Waals surface area contributed by atoms with E-state index >= 15 is 0 Å². The van der Waals surface area contributed by atoms with Crippen molar-refractivity contribution in [2.24, 2.45) is 11.8 Å². The number of phenols is 1. The number of hydrogen-bond donors (Lipinski definition) is 1. The molecule has 3 rings (SSSR count). The first-order valence-electron chi connectivity index (χ1n) is 7.68. The molecule has 4 atom stereocenters. The number of methoxy groups -OCH3 is 1. The molecular weight excluding hydrogens is 276 g/mol. The molecule has 116 valence electrons. The minimum atomic E-state index is 0.0581. The van der Waals surface area contributed by atoms with E-state index in [2.05, 4.69) is 26.0 Å². The maximum absolute atomic E-state index is 9.44. The average Bonchev–Trinajstić information content (AvgIpc) is 2.84. The molecule has 2 aromatic carbocycles. The van der Waals surface area contributed by atoms with Crippen LogP contribution in [0.2, 0.25) is 0 Å². The lowest BCUT2D eigenvalue weighted by molar-refractivity contribution is 0.0290. The summed E-state index contributed by atoms with van der Waals surface area (Å²) < 4.78 is 11.6. The van der Waals surface area contributed by atoms with Crippen LogP contribution in [-0.2, 0) is 4.74 Å². The Morgan fingerprint density at radius 1 is 0.818 bits per heavy atom. The molecule has 1 aliphatic heterocycles. The number of aromatic hydroxyl groups is 1. The number of benzene rings is 2. The Balaban J connectivity index is 1.83. The van der Waals surface area contributed by atoms with E-state index in [4.69, 9.17) is 9.47 Å². The second-order valence-electron chi connectivity index (χ2n) is 6.06. The standard InChI is InChI=1S/C19H22O3/c1-12-13(2)19(15-6-10-17(21-3)11-7-15)22-18(12)14-4-8-16(20)9-5-14/h4-13,18-20H,1-3H3/t12-,13-,18-,19+/m0/s1. The Bertz CT molecular complexity index is 618. The molecule has 1 aliphatic rings. The molecule has 0 radical (unpaired) electrons. The zero-order valence-corrected chi connectivity index (χ0v) is 13.2. The first-order valence-corrected chi connectivity index (χ1v) is 7.68. The topological polar surface area (TPSA) is 38.7 Å². The summed E-state index contributed by atoms with van der Waals surface area (Å²) in [7, 11) is 1.67. The molecule has 0 aliphatic carbocycles. The van der Waals surface area contributed by atoms with Gasteiger partial charge in [0.15, 0.2) is 0 Å². The van der Waals surface area contributed by atoms with Crippen LogP contribution in [0, 0.1) is 11.8 Å². The van der Waals surface area contributed by atoms with Crippen molar-refractivity contribution in [2.45, 2.75) is 26.1 Å². The average molecular weight is 298 g/mol. The van der Waals surface area contributed by atoms with Crippen LogP contribution in [0.15, 0.2) is 48.5 Å². The summed E-state index contributed by atoms with van der Waals surface area (Å²) >= 11 is 0. The van der Waals surface area contributed by atoms with E-state index in [-0.39, 0.29) is 18.0 Å². The second kappa shape index (κ2) is 6.01. The predicted octanol–water partition coefficient (Wildman–Crippen LogP) is 4.49. The van der Waals surface area contributed by atoms with Crippen molar-refractivity contribution in [2.75, 3.05) is 7.11 Å². The van der Waals surface area contributed by atoms with Gasteiger partial charge in [-0.25, -0.2) is 0 Å². The third kappa shape index (κ3) is 2.69. The molecule has 0 spiro atoms. The smallest absolute Gasteiger partial charge is 0.118 e. The van der Waals surface area contributed by atoms with Crippen molar-refractivity contribution >= 4 is 0 Å². The molecule has 0 aromatic heterocycles. The first kappa shape index (κ1) is 14.9. The van der Waals surface area contributed by atoms with Crippen molar-refractivity contribution in [3.63, 3.8) is 0 Å². The molecular formula is C19H22O3. The van der Waals surface area contributed by atoms with Crippen LogP contribution in [0.4, 0.5) is 0 Å². The van der Waals surface area contributed by atoms with E-state index < -0.39 is 0 Å². The van der Waals surface area contributed by atoms with Crippen LogP contribution >= 0.6 is 0 Å². The molecule has 1 heterocycles. The number of rotatable bonds is 3. The summed E-state index contributed by atoms with van der Waals surface area (Å²) in [5.74, 6) is 1.98. The molecule has 1 N–H and O–H groups in total. The van der Waals surface area contributed by atoms with Crippen LogP contribution < -0.4 is 4.74 Å². The molecule has 3 heteroatoms. The van der Waals surface area contributed by atoms with Gasteiger partial charge < -0.3 is 14.6 Å². The minimum Gasteiger partial charge on any atom is -0.508 e. The Hall–Kier alpha value is -2.00. The zero-order valence-electron chi connectivity index (χ0n) is 13.2. The summed E-state index contributed by atoms with van der Waals surface area (Å²) in [6.07, 6.45) is 0.141. The van der Waals surface area contributed by atoms with Crippen molar-refractivity contribution < 1.29 is 14.6 Å². The van der Waals surface area contributed by atoms with E-state index in [9.17, 15) is 5.11 Å². The van der Waals surface area contributed by atoms with E-state index in [1.807, 2.05) is 24.3 Å². The Morgan fingerprint density at radius 2 is 1.27 bits per heavy atom. The minimum absolute atomic E-state index is 0.0581. The number of ether oxygens (including phenoxy) is 2. The van der Waals surface area contributed by atoms with Gasteiger partial charge in [0.1, 0.15) is 11.5 Å². The maximum atomic E-state index is 9.44. The van der Waals surface area contributed by atoms with Crippen LogP contribution in [0.3, 0.4) is 0 Å². The van der Waals surface area contributed by atoms with Gasteiger partial charge in [-0.15, -0.1) is 0 Å². The van der Waals surface area contributed by atoms with Crippen LogP contribution in [0.5, 0.6) is 11.5 Å². The van der Waals surface area contributed by atoms with E-state index in [1.54, 1.807) is 19.2 Å². The summed E-state index contributed by atoms with van der Waals surface area (Å²) in [5, 5.41) is 9.44. The predicted molar refractivity (Wildman–Crippen MR) is 86.0 cm³/mol. The van der Waals surface area contributed by atoms with Crippen LogP contribution in [0.1, 0.15) is 37.2 Å². The van der Waals surface area contributed by atoms with Gasteiger partial charge in [0.25, 0.3) is 0 Å². The second-order valence-corrected chi connectivity index (χ2v) is 6.06. The molecule has 1 saturated heterocycles. The third-order valence-electron chi connectivity index (χ3n) is 4.74. The van der Waals surface area contributed by atoms with Crippen molar-refractivity contribution in [3.8, 4) is 11.5 Å². The highest BCUT2D eigenvalue weighted by Gasteiger charge is 2.40. The highest BCUT2D eigenvalue weighted by atomic mass is 16.5. The molecule has 0 bridgehead atoms. The summed E-state index contributed by atoms with van der Waals surface area (Å²) in [4.78, 5) is 0. The Labute approximate surface area is 131 Å². The fourth-order valence-electron chi connectivity index (χ4n) is 3.18. The lowest BCUT2D eigenvalue weighted by Crippen LogP contribution is -2.09. The molecule has 1 fully saturated rings. The van der Waals surface area contributed by atoms with Crippen molar-refractivity contribution in [1.82, 2.24) is 0 Å². The van der Waals surface area contributed by atoms with E-state index in [0.29, 0.717) is 11.8 Å². The molecule has 3 nitrogen and oxygen atoms in total. The van der Waals surface area contributed by atoms with E-state index in [1.165, 1.54) is 5.56 Å². The molecule has 22 heavy (non-hydrogen) atoms.